The minimum atomic E-state index is 0. The Hall–Kier alpha value is -0.320. The van der Waals surface area contributed by atoms with E-state index in [-0.39, 0.29) is 24.2 Å². The van der Waals surface area contributed by atoms with Crippen LogP contribution < -0.4 is 10.6 Å². The predicted molar refractivity (Wildman–Crippen MR) is 74.0 cm³/mol. The fourth-order valence-electron chi connectivity index (χ4n) is 3.08. The fraction of sp³-hybridized carbons (Fsp3) is 0.923. The zero-order valence-corrected chi connectivity index (χ0v) is 12.1. The molecule has 2 rings (SSSR count). The maximum atomic E-state index is 12.0. The van der Waals surface area contributed by atoms with Gasteiger partial charge >= 0.3 is 0 Å². The molecular weight excluding hydrogens is 252 g/mol. The average molecular weight is 277 g/mol. The molecule has 2 fully saturated rings. The zero-order chi connectivity index (χ0) is 12.3. The summed E-state index contributed by atoms with van der Waals surface area (Å²) in [6, 6.07) is 0.336. The van der Waals surface area contributed by atoms with Crippen LogP contribution in [0.4, 0.5) is 0 Å². The first-order chi connectivity index (χ1) is 8.22. The van der Waals surface area contributed by atoms with E-state index < -0.39 is 0 Å². The van der Waals surface area contributed by atoms with E-state index >= 15 is 0 Å². The fourth-order valence-corrected chi connectivity index (χ4v) is 3.08. The van der Waals surface area contributed by atoms with Crippen LogP contribution in [-0.2, 0) is 9.53 Å². The summed E-state index contributed by atoms with van der Waals surface area (Å²) in [5.41, 5.74) is 0. The Labute approximate surface area is 116 Å². The Morgan fingerprint density at radius 3 is 2.89 bits per heavy atom. The minimum Gasteiger partial charge on any atom is -0.378 e. The number of hydrogen-bond acceptors (Lipinski definition) is 3. The van der Waals surface area contributed by atoms with Gasteiger partial charge < -0.3 is 15.4 Å². The lowest BCUT2D eigenvalue weighted by Crippen LogP contribution is -2.48. The molecule has 18 heavy (non-hydrogen) atoms. The van der Waals surface area contributed by atoms with Crippen LogP contribution in [0.15, 0.2) is 0 Å². The third kappa shape index (κ3) is 3.59. The van der Waals surface area contributed by atoms with Crippen molar-refractivity contribution in [2.75, 3.05) is 20.2 Å². The molecule has 0 aromatic carbocycles. The Kier molecular flexibility index (Phi) is 6.39. The highest BCUT2D eigenvalue weighted by atomic mass is 35.5. The van der Waals surface area contributed by atoms with Crippen LogP contribution in [0.1, 0.15) is 32.6 Å². The Morgan fingerprint density at radius 2 is 2.17 bits per heavy atom. The zero-order valence-electron chi connectivity index (χ0n) is 11.3. The number of nitrogens with one attached hydrogen (secondary N) is 2. The summed E-state index contributed by atoms with van der Waals surface area (Å²) in [6.07, 6.45) is 4.96. The molecule has 2 N–H and O–H groups in total. The monoisotopic (exact) mass is 276 g/mol. The van der Waals surface area contributed by atoms with Crippen molar-refractivity contribution in [3.8, 4) is 0 Å². The Morgan fingerprint density at radius 1 is 1.39 bits per heavy atom. The molecule has 1 aliphatic heterocycles. The molecule has 4 atom stereocenters. The highest BCUT2D eigenvalue weighted by Crippen LogP contribution is 2.34. The summed E-state index contributed by atoms with van der Waals surface area (Å²) in [6.45, 7) is 3.58. The largest absolute Gasteiger partial charge is 0.378 e. The van der Waals surface area contributed by atoms with Crippen molar-refractivity contribution in [3.05, 3.63) is 0 Å². The number of amides is 1. The van der Waals surface area contributed by atoms with Crippen LogP contribution in [0.25, 0.3) is 0 Å². The number of fused-ring (bicyclic) bond motifs is 1. The van der Waals surface area contributed by atoms with E-state index in [1.165, 1.54) is 12.8 Å². The molecule has 0 bridgehead atoms. The third-order valence-corrected chi connectivity index (χ3v) is 4.07. The number of hydrogen-bond donors (Lipinski definition) is 2. The van der Waals surface area contributed by atoms with Crippen molar-refractivity contribution in [3.63, 3.8) is 0 Å². The normalized spacial score (nSPS) is 32.2. The number of carbonyl (C=O) groups excluding carboxylic acids is 1. The standard InChI is InChI=1S/C13H24N2O2.ClH/c1-9(8-14-2)13(16)15-11-4-3-5-12-10(11)6-7-17-12;/h9-12,14H,3-8H2,1-2H3,(H,15,16);1H. The van der Waals surface area contributed by atoms with Gasteiger partial charge in [0.05, 0.1) is 6.10 Å². The quantitative estimate of drug-likeness (QED) is 0.815. The predicted octanol–water partition coefficient (Wildman–Crippen LogP) is 1.34. The summed E-state index contributed by atoms with van der Waals surface area (Å²) in [4.78, 5) is 12.0. The molecule has 4 unspecified atom stereocenters. The summed E-state index contributed by atoms with van der Waals surface area (Å²) in [5.74, 6) is 0.772. The highest BCUT2D eigenvalue weighted by molar-refractivity contribution is 5.85. The lowest BCUT2D eigenvalue weighted by molar-refractivity contribution is -0.126. The van der Waals surface area contributed by atoms with Gasteiger partial charge in [0, 0.05) is 31.0 Å². The van der Waals surface area contributed by atoms with E-state index in [1.807, 2.05) is 14.0 Å². The molecular formula is C13H25ClN2O2. The van der Waals surface area contributed by atoms with E-state index in [9.17, 15) is 4.79 Å². The molecule has 4 nitrogen and oxygen atoms in total. The van der Waals surface area contributed by atoms with Gasteiger partial charge in [-0.15, -0.1) is 12.4 Å². The van der Waals surface area contributed by atoms with Gasteiger partial charge in [-0.1, -0.05) is 6.92 Å². The maximum Gasteiger partial charge on any atom is 0.224 e. The van der Waals surface area contributed by atoms with Crippen LogP contribution >= 0.6 is 12.4 Å². The van der Waals surface area contributed by atoms with Crippen LogP contribution in [0.5, 0.6) is 0 Å². The van der Waals surface area contributed by atoms with E-state index in [0.29, 0.717) is 18.1 Å². The van der Waals surface area contributed by atoms with Crippen molar-refractivity contribution >= 4 is 18.3 Å². The van der Waals surface area contributed by atoms with Gasteiger partial charge in [0.15, 0.2) is 0 Å². The molecule has 1 heterocycles. The van der Waals surface area contributed by atoms with Gasteiger partial charge in [-0.25, -0.2) is 0 Å². The third-order valence-electron chi connectivity index (χ3n) is 4.07. The second-order valence-electron chi connectivity index (χ2n) is 5.37. The number of halogens is 1. The van der Waals surface area contributed by atoms with Gasteiger partial charge in [0.1, 0.15) is 0 Å². The Balaban J connectivity index is 0.00000162. The summed E-state index contributed by atoms with van der Waals surface area (Å²) >= 11 is 0. The average Bonchev–Trinajstić information content (AvgIpc) is 2.78. The van der Waals surface area contributed by atoms with E-state index in [4.69, 9.17) is 4.74 Å². The molecule has 5 heteroatoms. The summed E-state index contributed by atoms with van der Waals surface area (Å²) in [5, 5.41) is 6.26. The first kappa shape index (κ1) is 15.7. The van der Waals surface area contributed by atoms with Gasteiger partial charge in [-0.3, -0.25) is 4.79 Å². The van der Waals surface area contributed by atoms with Gasteiger partial charge in [-0.05, 0) is 32.7 Å². The van der Waals surface area contributed by atoms with Crippen molar-refractivity contribution in [2.45, 2.75) is 44.8 Å². The van der Waals surface area contributed by atoms with Crippen molar-refractivity contribution in [1.82, 2.24) is 10.6 Å². The summed E-state index contributed by atoms with van der Waals surface area (Å²) < 4.78 is 5.71. The SMILES string of the molecule is CNCC(C)C(=O)NC1CCCC2OCCC12.Cl. The lowest BCUT2D eigenvalue weighted by atomic mass is 9.81. The van der Waals surface area contributed by atoms with E-state index in [2.05, 4.69) is 10.6 Å². The molecule has 1 saturated carbocycles. The van der Waals surface area contributed by atoms with Crippen molar-refractivity contribution < 1.29 is 9.53 Å². The molecule has 1 saturated heterocycles. The smallest absolute Gasteiger partial charge is 0.224 e. The van der Waals surface area contributed by atoms with Crippen LogP contribution in [-0.4, -0.2) is 38.3 Å². The second-order valence-corrected chi connectivity index (χ2v) is 5.37. The van der Waals surface area contributed by atoms with Crippen LogP contribution in [0, 0.1) is 11.8 Å². The highest BCUT2D eigenvalue weighted by Gasteiger charge is 2.38. The molecule has 0 spiro atoms. The lowest BCUT2D eigenvalue weighted by Gasteiger charge is -2.33. The first-order valence-electron chi connectivity index (χ1n) is 6.79. The molecule has 2 aliphatic rings. The van der Waals surface area contributed by atoms with E-state index in [0.717, 1.165) is 26.0 Å². The molecule has 1 aliphatic carbocycles. The minimum absolute atomic E-state index is 0. The maximum absolute atomic E-state index is 12.0. The van der Waals surface area contributed by atoms with Crippen molar-refractivity contribution in [2.24, 2.45) is 11.8 Å². The van der Waals surface area contributed by atoms with Crippen molar-refractivity contribution in [1.29, 1.82) is 0 Å². The molecule has 0 radical (unpaired) electrons. The molecule has 0 aromatic rings. The molecule has 0 aromatic heterocycles. The number of carbonyl (C=O) groups is 1. The van der Waals surface area contributed by atoms with Gasteiger partial charge in [0.25, 0.3) is 0 Å². The summed E-state index contributed by atoms with van der Waals surface area (Å²) in [7, 11) is 1.88. The number of rotatable bonds is 4. The number of ether oxygens (including phenoxy) is 1. The molecule has 1 amide bonds. The van der Waals surface area contributed by atoms with Gasteiger partial charge in [-0.2, -0.15) is 0 Å². The first-order valence-corrected chi connectivity index (χ1v) is 6.79. The van der Waals surface area contributed by atoms with Crippen LogP contribution in [0.3, 0.4) is 0 Å². The topological polar surface area (TPSA) is 50.4 Å². The van der Waals surface area contributed by atoms with Crippen LogP contribution in [0.2, 0.25) is 0 Å². The second kappa shape index (κ2) is 7.31. The Bertz CT molecular complexity index is 276. The van der Waals surface area contributed by atoms with E-state index in [1.54, 1.807) is 0 Å². The molecule has 106 valence electrons. The van der Waals surface area contributed by atoms with Gasteiger partial charge in [0.2, 0.25) is 5.91 Å².